The van der Waals surface area contributed by atoms with Crippen molar-refractivity contribution in [2.75, 3.05) is 0 Å². The fraction of sp³-hybridized carbons (Fsp3) is 0.389. The minimum atomic E-state index is -1.03. The van der Waals surface area contributed by atoms with E-state index in [9.17, 15) is 19.1 Å². The molecule has 2 rings (SSSR count). The van der Waals surface area contributed by atoms with Gasteiger partial charge in [0.25, 0.3) is 11.5 Å². The van der Waals surface area contributed by atoms with Crippen LogP contribution in [-0.4, -0.2) is 27.3 Å². The maximum Gasteiger partial charge on any atom is 0.277 e. The molecule has 0 saturated heterocycles. The molecule has 0 bridgehead atoms. The number of hydrogen-bond acceptors (Lipinski definition) is 4. The summed E-state index contributed by atoms with van der Waals surface area (Å²) in [5.41, 5.74) is 1.21. The molecule has 0 fully saturated rings. The Hall–Kier alpha value is -2.54. The molecule has 2 aromatic rings. The summed E-state index contributed by atoms with van der Waals surface area (Å²) in [5, 5.41) is 19.3. The van der Waals surface area contributed by atoms with Crippen LogP contribution in [0.1, 0.15) is 54.1 Å². The Morgan fingerprint density at radius 2 is 1.92 bits per heavy atom. The van der Waals surface area contributed by atoms with Crippen molar-refractivity contribution in [1.82, 2.24) is 15.5 Å². The number of halogens is 1. The van der Waals surface area contributed by atoms with Crippen LogP contribution in [0, 0.1) is 5.82 Å². The number of amides is 1. The fourth-order valence-electron chi connectivity index (χ4n) is 2.74. The summed E-state index contributed by atoms with van der Waals surface area (Å²) >= 11 is 0. The van der Waals surface area contributed by atoms with E-state index in [1.54, 1.807) is 6.92 Å². The third-order valence-corrected chi connectivity index (χ3v) is 4.13. The summed E-state index contributed by atoms with van der Waals surface area (Å²) in [4.78, 5) is 24.7. The van der Waals surface area contributed by atoms with Crippen LogP contribution in [0.5, 0.6) is 0 Å². The number of carbonyl (C=O) groups is 1. The summed E-state index contributed by atoms with van der Waals surface area (Å²) in [6.45, 7) is 5.36. The molecule has 25 heavy (non-hydrogen) atoms. The Morgan fingerprint density at radius 1 is 1.28 bits per heavy atom. The predicted octanol–water partition coefficient (Wildman–Crippen LogP) is 1.89. The number of benzene rings is 1. The monoisotopic (exact) mass is 347 g/mol. The van der Waals surface area contributed by atoms with Crippen molar-refractivity contribution in [3.05, 3.63) is 62.8 Å². The van der Waals surface area contributed by atoms with E-state index >= 15 is 0 Å². The van der Waals surface area contributed by atoms with E-state index in [0.29, 0.717) is 29.7 Å². The molecule has 0 radical (unpaired) electrons. The van der Waals surface area contributed by atoms with Crippen LogP contribution in [-0.2, 0) is 12.8 Å². The smallest absolute Gasteiger partial charge is 0.277 e. The maximum absolute atomic E-state index is 13.0. The number of carbonyl (C=O) groups excluding carboxylic acids is 1. The number of aryl methyl sites for hydroxylation is 1. The lowest BCUT2D eigenvalue weighted by Gasteiger charge is -2.21. The second-order valence-corrected chi connectivity index (χ2v) is 5.82. The predicted molar refractivity (Wildman–Crippen MR) is 91.9 cm³/mol. The van der Waals surface area contributed by atoms with E-state index in [1.807, 2.05) is 13.8 Å². The lowest BCUT2D eigenvalue weighted by Crippen LogP contribution is -2.40. The van der Waals surface area contributed by atoms with Crippen molar-refractivity contribution in [3.63, 3.8) is 0 Å². The number of aliphatic hydroxyl groups is 1. The van der Waals surface area contributed by atoms with Crippen LogP contribution in [0.3, 0.4) is 0 Å². The Kier molecular flexibility index (Phi) is 6.03. The van der Waals surface area contributed by atoms with Gasteiger partial charge in [0.05, 0.1) is 17.8 Å². The summed E-state index contributed by atoms with van der Waals surface area (Å²) in [6, 6.07) is 4.72. The number of aliphatic hydroxyl groups excluding tert-OH is 1. The summed E-state index contributed by atoms with van der Waals surface area (Å²) in [5.74, 6) is -0.973. The molecule has 2 unspecified atom stereocenters. The van der Waals surface area contributed by atoms with E-state index in [4.69, 9.17) is 0 Å². The van der Waals surface area contributed by atoms with Crippen LogP contribution in [0.25, 0.3) is 0 Å². The molecule has 0 aliphatic heterocycles. The zero-order chi connectivity index (χ0) is 18.6. The molecule has 7 heteroatoms. The van der Waals surface area contributed by atoms with Crippen molar-refractivity contribution in [2.45, 2.75) is 45.8 Å². The molecule has 0 aliphatic rings. The largest absolute Gasteiger partial charge is 0.386 e. The maximum atomic E-state index is 13.0. The van der Waals surface area contributed by atoms with E-state index in [2.05, 4.69) is 15.5 Å². The van der Waals surface area contributed by atoms with Gasteiger partial charge < -0.3 is 10.4 Å². The highest BCUT2D eigenvalue weighted by Crippen LogP contribution is 2.18. The van der Waals surface area contributed by atoms with Crippen molar-refractivity contribution >= 4 is 5.91 Å². The van der Waals surface area contributed by atoms with Crippen molar-refractivity contribution in [1.29, 1.82) is 0 Å². The first-order valence-electron chi connectivity index (χ1n) is 8.23. The Labute approximate surface area is 145 Å². The third-order valence-electron chi connectivity index (χ3n) is 4.13. The van der Waals surface area contributed by atoms with Gasteiger partial charge in [0.2, 0.25) is 0 Å². The number of rotatable bonds is 6. The van der Waals surface area contributed by atoms with E-state index in [1.165, 1.54) is 24.3 Å². The van der Waals surface area contributed by atoms with Gasteiger partial charge in [0.1, 0.15) is 11.4 Å². The van der Waals surface area contributed by atoms with Crippen LogP contribution < -0.4 is 10.9 Å². The van der Waals surface area contributed by atoms with Crippen LogP contribution >= 0.6 is 0 Å². The number of nitrogens with one attached hydrogen (secondary N) is 2. The molecular formula is C18H22FN3O3. The van der Waals surface area contributed by atoms with Crippen LogP contribution in [0.15, 0.2) is 29.1 Å². The molecule has 2 atom stereocenters. The zero-order valence-electron chi connectivity index (χ0n) is 14.5. The second kappa shape index (κ2) is 8.02. The quantitative estimate of drug-likeness (QED) is 0.744. The van der Waals surface area contributed by atoms with Gasteiger partial charge in [0.15, 0.2) is 0 Å². The zero-order valence-corrected chi connectivity index (χ0v) is 14.5. The number of nitrogens with zero attached hydrogens (tertiary/aromatic N) is 1. The van der Waals surface area contributed by atoms with E-state index in [0.717, 1.165) is 0 Å². The SMILES string of the molecule is CCc1n[nH]c(=O)c(C(=O)NC(C)C(O)c2ccc(F)cc2)c1CC. The van der Waals surface area contributed by atoms with Crippen LogP contribution in [0.2, 0.25) is 0 Å². The molecule has 1 aromatic carbocycles. The number of aromatic amines is 1. The summed E-state index contributed by atoms with van der Waals surface area (Å²) in [6.07, 6.45) is 0.0623. The van der Waals surface area contributed by atoms with E-state index in [-0.39, 0.29) is 5.56 Å². The fourth-order valence-corrected chi connectivity index (χ4v) is 2.74. The Balaban J connectivity index is 2.24. The number of aromatic nitrogens is 2. The van der Waals surface area contributed by atoms with Crippen LogP contribution in [0.4, 0.5) is 4.39 Å². The number of hydrogen-bond donors (Lipinski definition) is 3. The van der Waals surface area contributed by atoms with Gasteiger partial charge in [-0.2, -0.15) is 5.10 Å². The molecule has 134 valence electrons. The molecule has 0 aliphatic carbocycles. The highest BCUT2D eigenvalue weighted by atomic mass is 19.1. The van der Waals surface area contributed by atoms with Gasteiger partial charge in [0, 0.05) is 0 Å². The van der Waals surface area contributed by atoms with Gasteiger partial charge >= 0.3 is 0 Å². The van der Waals surface area contributed by atoms with E-state index < -0.39 is 29.4 Å². The average Bonchev–Trinajstić information content (AvgIpc) is 2.61. The van der Waals surface area contributed by atoms with Crippen molar-refractivity contribution in [3.8, 4) is 0 Å². The topological polar surface area (TPSA) is 95.1 Å². The lowest BCUT2D eigenvalue weighted by atomic mass is 10.0. The normalized spacial score (nSPS) is 13.3. The van der Waals surface area contributed by atoms with Gasteiger partial charge in [-0.05, 0) is 43.0 Å². The molecule has 0 saturated carbocycles. The molecule has 1 amide bonds. The minimum absolute atomic E-state index is 0.0208. The first kappa shape index (κ1) is 18.8. The van der Waals surface area contributed by atoms with Gasteiger partial charge in [-0.1, -0.05) is 26.0 Å². The standard InChI is InChI=1S/C18H22FN3O3/c1-4-13-14(5-2)21-22-18(25)15(13)17(24)20-10(3)16(23)11-6-8-12(19)9-7-11/h6-10,16,23H,4-5H2,1-3H3,(H,20,24)(H,22,25). The van der Waals surface area contributed by atoms with Gasteiger partial charge in [-0.25, -0.2) is 9.49 Å². The lowest BCUT2D eigenvalue weighted by molar-refractivity contribution is 0.0849. The first-order chi connectivity index (χ1) is 11.9. The first-order valence-corrected chi connectivity index (χ1v) is 8.23. The Morgan fingerprint density at radius 3 is 2.48 bits per heavy atom. The average molecular weight is 347 g/mol. The summed E-state index contributed by atoms with van der Waals surface area (Å²) in [7, 11) is 0. The molecule has 3 N–H and O–H groups in total. The van der Waals surface area contributed by atoms with Crippen molar-refractivity contribution < 1.29 is 14.3 Å². The highest BCUT2D eigenvalue weighted by Gasteiger charge is 2.23. The molecule has 1 heterocycles. The Bertz CT molecular complexity index is 802. The second-order valence-electron chi connectivity index (χ2n) is 5.82. The van der Waals surface area contributed by atoms with Gasteiger partial charge in [-0.3, -0.25) is 9.59 Å². The molecular weight excluding hydrogens is 325 g/mol. The highest BCUT2D eigenvalue weighted by molar-refractivity contribution is 5.95. The molecule has 6 nitrogen and oxygen atoms in total. The molecule has 1 aromatic heterocycles. The summed E-state index contributed by atoms with van der Waals surface area (Å²) < 4.78 is 13.0. The third kappa shape index (κ3) is 4.11. The number of H-pyrrole nitrogens is 1. The van der Waals surface area contributed by atoms with Crippen molar-refractivity contribution in [2.24, 2.45) is 0 Å². The minimum Gasteiger partial charge on any atom is -0.386 e. The molecule has 0 spiro atoms. The van der Waals surface area contributed by atoms with Gasteiger partial charge in [-0.15, -0.1) is 0 Å².